The summed E-state index contributed by atoms with van der Waals surface area (Å²) in [6.07, 6.45) is 3.07. The zero-order valence-electron chi connectivity index (χ0n) is 15.6. The molecule has 0 saturated carbocycles. The fraction of sp³-hybridized carbons (Fsp3) is 0.500. The normalized spacial score (nSPS) is 11.2. The van der Waals surface area contributed by atoms with Gasteiger partial charge in [0.05, 0.1) is 6.26 Å². The largest absolute Gasteiger partial charge is 0.461 e. The molecule has 8 heteroatoms. The van der Waals surface area contributed by atoms with Gasteiger partial charge in [0.25, 0.3) is 5.91 Å². The highest BCUT2D eigenvalue weighted by Crippen LogP contribution is 2.23. The fourth-order valence-corrected chi connectivity index (χ4v) is 2.27. The van der Waals surface area contributed by atoms with Crippen LogP contribution in [0.2, 0.25) is 0 Å². The number of oxazole rings is 1. The minimum Gasteiger partial charge on any atom is -0.461 e. The molecule has 0 aliphatic rings. The molecule has 0 aliphatic carbocycles. The molecule has 142 valence electrons. The van der Waals surface area contributed by atoms with Crippen molar-refractivity contribution in [2.24, 2.45) is 0 Å². The summed E-state index contributed by atoms with van der Waals surface area (Å²) in [7, 11) is 0. The fourth-order valence-electron chi connectivity index (χ4n) is 2.27. The monoisotopic (exact) mass is 363 g/mol. The van der Waals surface area contributed by atoms with Gasteiger partial charge in [-0.1, -0.05) is 6.92 Å². The molecule has 8 nitrogen and oxygen atoms in total. The first kappa shape index (κ1) is 19.6. The third-order valence-corrected chi connectivity index (χ3v) is 3.34. The second-order valence-electron chi connectivity index (χ2n) is 6.73. The van der Waals surface area contributed by atoms with Crippen LogP contribution >= 0.6 is 0 Å². The topological polar surface area (TPSA) is 97.8 Å². The van der Waals surface area contributed by atoms with Gasteiger partial charge in [-0.05, 0) is 39.3 Å². The van der Waals surface area contributed by atoms with E-state index < -0.39 is 17.6 Å². The number of nitrogens with zero attached hydrogens (tertiary/aromatic N) is 2. The van der Waals surface area contributed by atoms with E-state index in [2.05, 4.69) is 10.3 Å². The zero-order valence-corrected chi connectivity index (χ0v) is 15.6. The Hall–Kier alpha value is -2.77. The van der Waals surface area contributed by atoms with E-state index in [9.17, 15) is 9.59 Å². The Kier molecular flexibility index (Phi) is 6.43. The van der Waals surface area contributed by atoms with Crippen molar-refractivity contribution in [3.05, 3.63) is 30.5 Å². The van der Waals surface area contributed by atoms with Crippen LogP contribution in [0.25, 0.3) is 11.5 Å². The van der Waals surface area contributed by atoms with Gasteiger partial charge in [0.1, 0.15) is 5.60 Å². The molecule has 0 atom stereocenters. The molecule has 26 heavy (non-hydrogen) atoms. The first-order valence-corrected chi connectivity index (χ1v) is 8.55. The van der Waals surface area contributed by atoms with Crippen LogP contribution in [0, 0.1) is 0 Å². The molecular formula is C18H25N3O5. The number of rotatable bonds is 7. The van der Waals surface area contributed by atoms with Crippen molar-refractivity contribution in [2.75, 3.05) is 19.6 Å². The number of nitrogens with one attached hydrogen (secondary N) is 1. The van der Waals surface area contributed by atoms with E-state index in [0.29, 0.717) is 18.8 Å². The number of amides is 2. The number of ether oxygens (including phenoxy) is 1. The summed E-state index contributed by atoms with van der Waals surface area (Å²) in [5.41, 5.74) is -0.426. The molecule has 0 spiro atoms. The van der Waals surface area contributed by atoms with Crippen molar-refractivity contribution in [1.29, 1.82) is 0 Å². The SMILES string of the molecule is CCCN(CCNC(=O)c1ncoc1-c1ccco1)C(=O)OC(C)(C)C. The van der Waals surface area contributed by atoms with Crippen LogP contribution < -0.4 is 5.32 Å². The van der Waals surface area contributed by atoms with Crippen molar-refractivity contribution in [2.45, 2.75) is 39.7 Å². The molecule has 2 aromatic heterocycles. The Morgan fingerprint density at radius 3 is 2.65 bits per heavy atom. The molecule has 0 bridgehead atoms. The lowest BCUT2D eigenvalue weighted by molar-refractivity contribution is 0.0250. The van der Waals surface area contributed by atoms with Gasteiger partial charge in [-0.25, -0.2) is 9.78 Å². The maximum absolute atomic E-state index is 12.3. The van der Waals surface area contributed by atoms with Gasteiger partial charge in [0.15, 0.2) is 17.8 Å². The number of hydrogen-bond donors (Lipinski definition) is 1. The van der Waals surface area contributed by atoms with E-state index in [1.807, 2.05) is 27.7 Å². The van der Waals surface area contributed by atoms with Crippen LogP contribution in [0.5, 0.6) is 0 Å². The van der Waals surface area contributed by atoms with Gasteiger partial charge >= 0.3 is 6.09 Å². The number of hydrogen-bond acceptors (Lipinski definition) is 6. The van der Waals surface area contributed by atoms with E-state index >= 15 is 0 Å². The van der Waals surface area contributed by atoms with Crippen molar-refractivity contribution in [3.63, 3.8) is 0 Å². The number of aromatic nitrogens is 1. The van der Waals surface area contributed by atoms with Crippen molar-refractivity contribution < 1.29 is 23.2 Å². The number of furan rings is 1. The summed E-state index contributed by atoms with van der Waals surface area (Å²) in [5.74, 6) is 0.296. The quantitative estimate of drug-likeness (QED) is 0.810. The van der Waals surface area contributed by atoms with Crippen LogP contribution in [-0.2, 0) is 4.74 Å². The van der Waals surface area contributed by atoms with Crippen LogP contribution in [-0.4, -0.2) is 47.1 Å². The highest BCUT2D eigenvalue weighted by molar-refractivity contribution is 5.97. The smallest absolute Gasteiger partial charge is 0.410 e. The van der Waals surface area contributed by atoms with Gasteiger partial charge in [-0.2, -0.15) is 0 Å². The van der Waals surface area contributed by atoms with Gasteiger partial charge in [0.2, 0.25) is 5.76 Å². The third kappa shape index (κ3) is 5.37. The van der Waals surface area contributed by atoms with Gasteiger partial charge in [0, 0.05) is 19.6 Å². The van der Waals surface area contributed by atoms with Crippen LogP contribution in [0.3, 0.4) is 0 Å². The first-order chi connectivity index (χ1) is 12.3. The van der Waals surface area contributed by atoms with Gasteiger partial charge in [-0.3, -0.25) is 4.79 Å². The molecule has 2 heterocycles. The maximum Gasteiger partial charge on any atom is 0.410 e. The van der Waals surface area contributed by atoms with E-state index in [1.165, 1.54) is 12.7 Å². The van der Waals surface area contributed by atoms with E-state index in [0.717, 1.165) is 6.42 Å². The standard InChI is InChI=1S/C18H25N3O5/c1-5-9-21(17(23)26-18(2,3)4)10-8-19-16(22)14-15(25-12-20-14)13-7-6-11-24-13/h6-7,11-12H,5,8-10H2,1-4H3,(H,19,22). The third-order valence-electron chi connectivity index (χ3n) is 3.34. The van der Waals surface area contributed by atoms with Crippen molar-refractivity contribution in [1.82, 2.24) is 15.2 Å². The maximum atomic E-state index is 12.3. The molecule has 2 aromatic rings. The molecular weight excluding hydrogens is 338 g/mol. The van der Waals surface area contributed by atoms with E-state index in [4.69, 9.17) is 13.6 Å². The van der Waals surface area contributed by atoms with Crippen LogP contribution in [0.15, 0.2) is 33.6 Å². The lowest BCUT2D eigenvalue weighted by Crippen LogP contribution is -2.41. The second-order valence-corrected chi connectivity index (χ2v) is 6.73. The van der Waals surface area contributed by atoms with Crippen LogP contribution in [0.4, 0.5) is 4.79 Å². The average Bonchev–Trinajstić information content (AvgIpc) is 3.22. The summed E-state index contributed by atoms with van der Waals surface area (Å²) in [5, 5.41) is 2.74. The Morgan fingerprint density at radius 2 is 2.04 bits per heavy atom. The molecule has 0 unspecified atom stereocenters. The zero-order chi connectivity index (χ0) is 19.2. The summed E-state index contributed by atoms with van der Waals surface area (Å²) >= 11 is 0. The predicted molar refractivity (Wildman–Crippen MR) is 94.6 cm³/mol. The molecule has 0 radical (unpaired) electrons. The predicted octanol–water partition coefficient (Wildman–Crippen LogP) is 3.31. The molecule has 2 rings (SSSR count). The van der Waals surface area contributed by atoms with Crippen LogP contribution in [0.1, 0.15) is 44.6 Å². The van der Waals surface area contributed by atoms with E-state index in [1.54, 1.807) is 17.0 Å². The Morgan fingerprint density at radius 1 is 1.27 bits per heavy atom. The number of carbonyl (C=O) groups is 2. The lowest BCUT2D eigenvalue weighted by Gasteiger charge is -2.27. The van der Waals surface area contributed by atoms with Crippen molar-refractivity contribution >= 4 is 12.0 Å². The molecule has 2 amide bonds. The second kappa shape index (κ2) is 8.55. The first-order valence-electron chi connectivity index (χ1n) is 8.55. The van der Waals surface area contributed by atoms with Gasteiger partial charge < -0.3 is 23.8 Å². The van der Waals surface area contributed by atoms with Gasteiger partial charge in [-0.15, -0.1) is 0 Å². The summed E-state index contributed by atoms with van der Waals surface area (Å²) in [6.45, 7) is 8.57. The Bertz CT molecular complexity index is 716. The van der Waals surface area contributed by atoms with Crippen molar-refractivity contribution in [3.8, 4) is 11.5 Å². The molecule has 0 aliphatic heterocycles. The molecule has 0 aromatic carbocycles. The summed E-state index contributed by atoms with van der Waals surface area (Å²) < 4.78 is 15.9. The lowest BCUT2D eigenvalue weighted by atomic mass is 10.2. The Balaban J connectivity index is 1.92. The highest BCUT2D eigenvalue weighted by atomic mass is 16.6. The molecule has 1 N–H and O–H groups in total. The molecule has 0 fully saturated rings. The minimum absolute atomic E-state index is 0.138. The molecule has 0 saturated heterocycles. The Labute approximate surface area is 152 Å². The number of carbonyl (C=O) groups excluding carboxylic acids is 2. The summed E-state index contributed by atoms with van der Waals surface area (Å²) in [6, 6.07) is 3.38. The summed E-state index contributed by atoms with van der Waals surface area (Å²) in [4.78, 5) is 30.1. The average molecular weight is 363 g/mol. The van der Waals surface area contributed by atoms with E-state index in [-0.39, 0.29) is 18.0 Å². The highest BCUT2D eigenvalue weighted by Gasteiger charge is 2.23. The minimum atomic E-state index is -0.565.